The Bertz CT molecular complexity index is 1200. The number of hydrogen-bond acceptors (Lipinski definition) is 3. The zero-order chi connectivity index (χ0) is 27.3. The summed E-state index contributed by atoms with van der Waals surface area (Å²) in [5.74, 6) is -0.0192. The highest BCUT2D eigenvalue weighted by molar-refractivity contribution is 6.32. The predicted molar refractivity (Wildman–Crippen MR) is 143 cm³/mol. The lowest BCUT2D eigenvalue weighted by Gasteiger charge is -2.26. The van der Waals surface area contributed by atoms with Crippen LogP contribution in [0, 0.1) is 0 Å². The van der Waals surface area contributed by atoms with Crippen LogP contribution in [0.2, 0.25) is 5.02 Å². The number of amides is 2. The Morgan fingerprint density at radius 3 is 2.14 bits per heavy atom. The standard InChI is InChI=1S/C28H31ClF3N3O2/c1-5-22-24(29)15-25(33)23(6-2)26(22)34-27(36)35(20-11-9-19(10-12-20)17(3)4)16-18-7-13-21(14-8-18)37-28(30,31)32/h7-15,17H,5-6,16,33H2,1-4H3,(H,34,36). The van der Waals surface area contributed by atoms with Gasteiger partial charge in [0.15, 0.2) is 0 Å². The van der Waals surface area contributed by atoms with Crippen LogP contribution >= 0.6 is 11.6 Å². The zero-order valence-electron chi connectivity index (χ0n) is 21.2. The second-order valence-corrected chi connectivity index (χ2v) is 9.35. The molecule has 3 N–H and O–H groups in total. The molecule has 0 radical (unpaired) electrons. The first kappa shape index (κ1) is 28.2. The third kappa shape index (κ3) is 7.10. The third-order valence-electron chi connectivity index (χ3n) is 6.08. The van der Waals surface area contributed by atoms with Crippen LogP contribution in [0.5, 0.6) is 5.75 Å². The monoisotopic (exact) mass is 533 g/mol. The van der Waals surface area contributed by atoms with Gasteiger partial charge in [0.25, 0.3) is 0 Å². The molecule has 37 heavy (non-hydrogen) atoms. The first-order valence-corrected chi connectivity index (χ1v) is 12.4. The smallest absolute Gasteiger partial charge is 0.406 e. The molecule has 9 heteroatoms. The molecule has 0 aliphatic rings. The van der Waals surface area contributed by atoms with E-state index in [2.05, 4.69) is 23.9 Å². The lowest BCUT2D eigenvalue weighted by molar-refractivity contribution is -0.274. The number of halogens is 4. The number of nitrogens with one attached hydrogen (secondary N) is 1. The quantitative estimate of drug-likeness (QED) is 0.286. The molecular weight excluding hydrogens is 503 g/mol. The molecule has 198 valence electrons. The van der Waals surface area contributed by atoms with E-state index in [4.69, 9.17) is 17.3 Å². The Kier molecular flexibility index (Phi) is 8.97. The molecule has 0 spiro atoms. The number of nitrogen functional groups attached to an aromatic ring is 1. The van der Waals surface area contributed by atoms with Crippen molar-refractivity contribution in [2.45, 2.75) is 59.4 Å². The van der Waals surface area contributed by atoms with E-state index in [0.29, 0.717) is 46.4 Å². The first-order chi connectivity index (χ1) is 17.4. The number of anilines is 3. The number of rotatable bonds is 8. The molecule has 2 amide bonds. The summed E-state index contributed by atoms with van der Waals surface area (Å²) >= 11 is 6.44. The minimum absolute atomic E-state index is 0.109. The van der Waals surface area contributed by atoms with E-state index >= 15 is 0 Å². The number of urea groups is 1. The molecular formula is C28H31ClF3N3O2. The highest BCUT2D eigenvalue weighted by Crippen LogP contribution is 2.35. The number of alkyl halides is 3. The van der Waals surface area contributed by atoms with Crippen LogP contribution in [0.1, 0.15) is 55.9 Å². The predicted octanol–water partition coefficient (Wildman–Crippen LogP) is 8.31. The van der Waals surface area contributed by atoms with Crippen LogP contribution in [0.15, 0.2) is 54.6 Å². The Balaban J connectivity index is 1.98. The molecule has 0 fully saturated rings. The first-order valence-electron chi connectivity index (χ1n) is 12.1. The van der Waals surface area contributed by atoms with Crippen LogP contribution < -0.4 is 20.7 Å². The molecule has 0 unspecified atom stereocenters. The number of ether oxygens (including phenoxy) is 1. The third-order valence-corrected chi connectivity index (χ3v) is 6.41. The highest BCUT2D eigenvalue weighted by Gasteiger charge is 2.31. The van der Waals surface area contributed by atoms with Gasteiger partial charge in [0.05, 0.1) is 12.2 Å². The molecule has 3 aromatic carbocycles. The largest absolute Gasteiger partial charge is 0.573 e. The number of carbonyl (C=O) groups excluding carboxylic acids is 1. The van der Waals surface area contributed by atoms with E-state index in [0.717, 1.165) is 16.7 Å². The van der Waals surface area contributed by atoms with E-state index in [-0.39, 0.29) is 12.3 Å². The van der Waals surface area contributed by atoms with Crippen molar-refractivity contribution < 1.29 is 22.7 Å². The second kappa shape index (κ2) is 11.8. The van der Waals surface area contributed by atoms with Crippen molar-refractivity contribution in [3.05, 3.63) is 81.9 Å². The van der Waals surface area contributed by atoms with Crippen molar-refractivity contribution in [2.75, 3.05) is 16.0 Å². The van der Waals surface area contributed by atoms with E-state index in [1.54, 1.807) is 6.07 Å². The molecule has 0 aliphatic heterocycles. The van der Waals surface area contributed by atoms with Crippen molar-refractivity contribution in [3.63, 3.8) is 0 Å². The van der Waals surface area contributed by atoms with E-state index in [9.17, 15) is 18.0 Å². The van der Waals surface area contributed by atoms with Crippen molar-refractivity contribution >= 4 is 34.7 Å². The number of nitrogens with zero attached hydrogens (tertiary/aromatic N) is 1. The molecule has 3 aromatic rings. The van der Waals surface area contributed by atoms with Gasteiger partial charge in [-0.1, -0.05) is 63.6 Å². The van der Waals surface area contributed by atoms with E-state index in [1.807, 2.05) is 38.1 Å². The maximum absolute atomic E-state index is 13.7. The summed E-state index contributed by atoms with van der Waals surface area (Å²) in [5.41, 5.74) is 11.2. The summed E-state index contributed by atoms with van der Waals surface area (Å²) in [7, 11) is 0. The Morgan fingerprint density at radius 1 is 1.03 bits per heavy atom. The minimum atomic E-state index is -4.78. The highest BCUT2D eigenvalue weighted by atomic mass is 35.5. The molecule has 3 rings (SSSR count). The number of benzene rings is 3. The fourth-order valence-corrected chi connectivity index (χ4v) is 4.45. The van der Waals surface area contributed by atoms with Crippen LogP contribution in [-0.2, 0) is 19.4 Å². The average molecular weight is 534 g/mol. The Labute approximate surface area is 220 Å². The van der Waals surface area contributed by atoms with Crippen molar-refractivity contribution in [1.82, 2.24) is 0 Å². The number of carbonyl (C=O) groups is 1. The van der Waals surface area contributed by atoms with Crippen molar-refractivity contribution in [1.29, 1.82) is 0 Å². The van der Waals surface area contributed by atoms with Gasteiger partial charge in [-0.2, -0.15) is 0 Å². The Hall–Kier alpha value is -3.39. The van der Waals surface area contributed by atoms with Crippen molar-refractivity contribution in [3.8, 4) is 5.75 Å². The number of nitrogens with two attached hydrogens (primary N) is 1. The van der Waals surface area contributed by atoms with Gasteiger partial charge in [-0.3, -0.25) is 4.90 Å². The minimum Gasteiger partial charge on any atom is -0.406 e. The fourth-order valence-electron chi connectivity index (χ4n) is 4.11. The van der Waals surface area contributed by atoms with E-state index in [1.165, 1.54) is 29.2 Å². The van der Waals surface area contributed by atoms with Gasteiger partial charge in [0.2, 0.25) is 0 Å². The second-order valence-electron chi connectivity index (χ2n) is 8.94. The summed E-state index contributed by atoms with van der Waals surface area (Å²) in [6.45, 7) is 8.15. The maximum Gasteiger partial charge on any atom is 0.573 e. The van der Waals surface area contributed by atoms with Gasteiger partial charge in [0.1, 0.15) is 5.75 Å². The lowest BCUT2D eigenvalue weighted by atomic mass is 10.0. The van der Waals surface area contributed by atoms with Gasteiger partial charge >= 0.3 is 12.4 Å². The van der Waals surface area contributed by atoms with Gasteiger partial charge in [-0.25, -0.2) is 4.79 Å². The average Bonchev–Trinajstić information content (AvgIpc) is 2.83. The normalized spacial score (nSPS) is 11.5. The zero-order valence-corrected chi connectivity index (χ0v) is 22.0. The molecule has 0 atom stereocenters. The van der Waals surface area contributed by atoms with Gasteiger partial charge in [-0.15, -0.1) is 13.2 Å². The molecule has 0 aromatic heterocycles. The van der Waals surface area contributed by atoms with Crippen LogP contribution in [0.4, 0.5) is 35.0 Å². The fraction of sp³-hybridized carbons (Fsp3) is 0.321. The summed E-state index contributed by atoms with van der Waals surface area (Å²) in [6, 6.07) is 14.3. The van der Waals surface area contributed by atoms with Crippen LogP contribution in [-0.4, -0.2) is 12.4 Å². The van der Waals surface area contributed by atoms with E-state index < -0.39 is 12.4 Å². The SMILES string of the molecule is CCc1c(N)cc(Cl)c(CC)c1NC(=O)N(Cc1ccc(OC(F)(F)F)cc1)c1ccc(C(C)C)cc1. The molecule has 5 nitrogen and oxygen atoms in total. The summed E-state index contributed by atoms with van der Waals surface area (Å²) in [4.78, 5) is 15.2. The summed E-state index contributed by atoms with van der Waals surface area (Å²) < 4.78 is 41.6. The topological polar surface area (TPSA) is 67.6 Å². The number of hydrogen-bond donors (Lipinski definition) is 2. The molecule has 0 heterocycles. The molecule has 0 saturated carbocycles. The summed E-state index contributed by atoms with van der Waals surface area (Å²) in [6.07, 6.45) is -3.60. The summed E-state index contributed by atoms with van der Waals surface area (Å²) in [5, 5.41) is 3.48. The Morgan fingerprint density at radius 2 is 1.62 bits per heavy atom. The van der Waals surface area contributed by atoms with Crippen LogP contribution in [0.3, 0.4) is 0 Å². The lowest BCUT2D eigenvalue weighted by Crippen LogP contribution is -2.35. The molecule has 0 saturated heterocycles. The van der Waals surface area contributed by atoms with Gasteiger partial charge in [0, 0.05) is 16.4 Å². The molecule has 0 aliphatic carbocycles. The maximum atomic E-state index is 13.7. The van der Waals surface area contributed by atoms with Gasteiger partial charge < -0.3 is 15.8 Å². The van der Waals surface area contributed by atoms with Crippen LogP contribution in [0.25, 0.3) is 0 Å². The molecule has 0 bridgehead atoms. The van der Waals surface area contributed by atoms with Gasteiger partial charge in [-0.05, 0) is 71.3 Å². The van der Waals surface area contributed by atoms with Crippen molar-refractivity contribution in [2.24, 2.45) is 0 Å².